The molecule has 0 radical (unpaired) electrons. The maximum Gasteiger partial charge on any atom is 0.193 e. The second kappa shape index (κ2) is 9.82. The highest BCUT2D eigenvalue weighted by Crippen LogP contribution is 2.31. The molecule has 8 nitrogen and oxygen atoms in total. The Morgan fingerprint density at radius 1 is 1.17 bits per heavy atom. The molecular weight excluding hydrogens is 380 g/mol. The molecule has 1 aromatic heterocycles. The number of nitrogens with zero attached hydrogens (tertiary/aromatic N) is 5. The van der Waals surface area contributed by atoms with Gasteiger partial charge >= 0.3 is 0 Å². The van der Waals surface area contributed by atoms with Crippen LogP contribution in [-0.2, 0) is 25.9 Å². The minimum Gasteiger partial charge on any atom is -0.486 e. The lowest BCUT2D eigenvalue weighted by atomic mass is 10.2. The van der Waals surface area contributed by atoms with Crippen LogP contribution in [0.3, 0.4) is 0 Å². The van der Waals surface area contributed by atoms with Crippen LogP contribution in [0, 0.1) is 0 Å². The van der Waals surface area contributed by atoms with Crippen molar-refractivity contribution in [2.45, 2.75) is 51.6 Å². The Kier molecular flexibility index (Phi) is 6.71. The molecule has 0 fully saturated rings. The van der Waals surface area contributed by atoms with Crippen molar-refractivity contribution in [3.8, 4) is 11.5 Å². The predicted molar refractivity (Wildman–Crippen MR) is 116 cm³/mol. The van der Waals surface area contributed by atoms with Gasteiger partial charge in [-0.1, -0.05) is 12.5 Å². The van der Waals surface area contributed by atoms with Crippen molar-refractivity contribution >= 4 is 5.96 Å². The normalized spacial score (nSPS) is 16.0. The van der Waals surface area contributed by atoms with Gasteiger partial charge in [-0.2, -0.15) is 0 Å². The van der Waals surface area contributed by atoms with Crippen LogP contribution in [0.4, 0.5) is 0 Å². The number of rotatable bonds is 6. The summed E-state index contributed by atoms with van der Waals surface area (Å²) in [5.74, 6) is 4.80. The SMILES string of the molecule is CN=C(NCCCc1nnc2n1CCCCC2)N(C)Cc1ccc2c(c1)OCCO2. The van der Waals surface area contributed by atoms with E-state index in [9.17, 15) is 0 Å². The molecule has 0 amide bonds. The molecule has 162 valence electrons. The van der Waals surface area contributed by atoms with Gasteiger partial charge in [0.15, 0.2) is 17.5 Å². The zero-order chi connectivity index (χ0) is 20.8. The summed E-state index contributed by atoms with van der Waals surface area (Å²) in [6.45, 7) is 3.87. The van der Waals surface area contributed by atoms with Crippen molar-refractivity contribution in [2.75, 3.05) is 33.9 Å². The minimum absolute atomic E-state index is 0.602. The van der Waals surface area contributed by atoms with Gasteiger partial charge in [0.25, 0.3) is 0 Å². The number of nitrogens with one attached hydrogen (secondary N) is 1. The van der Waals surface area contributed by atoms with Gasteiger partial charge in [0.1, 0.15) is 24.9 Å². The van der Waals surface area contributed by atoms with Gasteiger partial charge in [0, 0.05) is 46.6 Å². The smallest absolute Gasteiger partial charge is 0.193 e. The average molecular weight is 413 g/mol. The molecule has 0 aliphatic carbocycles. The molecule has 0 bridgehead atoms. The molecule has 1 N–H and O–H groups in total. The number of benzene rings is 1. The second-order valence-electron chi connectivity index (χ2n) is 7.91. The second-order valence-corrected chi connectivity index (χ2v) is 7.91. The van der Waals surface area contributed by atoms with E-state index in [1.807, 2.05) is 20.2 Å². The van der Waals surface area contributed by atoms with Crippen LogP contribution in [0.15, 0.2) is 23.2 Å². The molecular formula is C22H32N6O2. The van der Waals surface area contributed by atoms with Crippen LogP contribution in [0.5, 0.6) is 11.5 Å². The first-order chi connectivity index (χ1) is 14.7. The van der Waals surface area contributed by atoms with Crippen molar-refractivity contribution in [1.82, 2.24) is 25.0 Å². The van der Waals surface area contributed by atoms with E-state index in [2.05, 4.69) is 42.1 Å². The minimum atomic E-state index is 0.602. The number of guanidine groups is 1. The van der Waals surface area contributed by atoms with E-state index in [-0.39, 0.29) is 0 Å². The molecule has 0 spiro atoms. The van der Waals surface area contributed by atoms with E-state index >= 15 is 0 Å². The molecule has 0 saturated heterocycles. The van der Waals surface area contributed by atoms with E-state index in [0.29, 0.717) is 13.2 Å². The summed E-state index contributed by atoms with van der Waals surface area (Å²) in [6.07, 6.45) is 6.73. The molecule has 1 aromatic carbocycles. The molecule has 4 rings (SSSR count). The van der Waals surface area contributed by atoms with Crippen molar-refractivity contribution in [1.29, 1.82) is 0 Å². The number of ether oxygens (including phenoxy) is 2. The van der Waals surface area contributed by atoms with Crippen LogP contribution < -0.4 is 14.8 Å². The third-order valence-corrected chi connectivity index (χ3v) is 5.65. The molecule has 8 heteroatoms. The molecule has 0 saturated carbocycles. The molecule has 3 heterocycles. The van der Waals surface area contributed by atoms with Crippen LogP contribution in [0.1, 0.15) is 42.9 Å². The molecule has 2 aliphatic rings. The number of hydrogen-bond acceptors (Lipinski definition) is 5. The number of hydrogen-bond donors (Lipinski definition) is 1. The van der Waals surface area contributed by atoms with E-state index in [1.165, 1.54) is 19.3 Å². The van der Waals surface area contributed by atoms with Gasteiger partial charge in [-0.3, -0.25) is 4.99 Å². The molecule has 2 aromatic rings. The zero-order valence-corrected chi connectivity index (χ0v) is 18.1. The maximum absolute atomic E-state index is 5.69. The lowest BCUT2D eigenvalue weighted by molar-refractivity contribution is 0.171. The summed E-state index contributed by atoms with van der Waals surface area (Å²) < 4.78 is 13.6. The van der Waals surface area contributed by atoms with Crippen LogP contribution in [-0.4, -0.2) is 59.5 Å². The molecule has 2 aliphatic heterocycles. The Morgan fingerprint density at radius 3 is 2.90 bits per heavy atom. The summed E-state index contributed by atoms with van der Waals surface area (Å²) >= 11 is 0. The van der Waals surface area contributed by atoms with E-state index in [1.54, 1.807) is 0 Å². The third-order valence-electron chi connectivity index (χ3n) is 5.65. The maximum atomic E-state index is 5.69. The van der Waals surface area contributed by atoms with Gasteiger partial charge < -0.3 is 24.3 Å². The fourth-order valence-electron chi connectivity index (χ4n) is 4.10. The van der Waals surface area contributed by atoms with Crippen molar-refractivity contribution in [3.63, 3.8) is 0 Å². The first-order valence-corrected chi connectivity index (χ1v) is 11.0. The van der Waals surface area contributed by atoms with Gasteiger partial charge in [-0.05, 0) is 37.0 Å². The monoisotopic (exact) mass is 412 g/mol. The predicted octanol–water partition coefficient (Wildman–Crippen LogP) is 2.42. The van der Waals surface area contributed by atoms with E-state index in [4.69, 9.17) is 9.47 Å². The topological polar surface area (TPSA) is 76.8 Å². The third kappa shape index (κ3) is 4.86. The molecule has 0 atom stereocenters. The number of aromatic nitrogens is 3. The highest BCUT2D eigenvalue weighted by Gasteiger charge is 2.15. The summed E-state index contributed by atoms with van der Waals surface area (Å²) in [6, 6.07) is 6.11. The summed E-state index contributed by atoms with van der Waals surface area (Å²) in [5.41, 5.74) is 1.16. The van der Waals surface area contributed by atoms with Gasteiger partial charge in [-0.25, -0.2) is 0 Å². The summed E-state index contributed by atoms with van der Waals surface area (Å²) in [4.78, 5) is 6.55. The lowest BCUT2D eigenvalue weighted by Gasteiger charge is -2.24. The standard InChI is InChI=1S/C22H32N6O2/c1-23-22(27(2)16-17-9-10-18-19(15-17)30-14-13-29-18)24-11-6-8-21-26-25-20-7-4-3-5-12-28(20)21/h9-10,15H,3-8,11-14,16H2,1-2H3,(H,23,24). The summed E-state index contributed by atoms with van der Waals surface area (Å²) in [5, 5.41) is 12.3. The van der Waals surface area contributed by atoms with Crippen molar-refractivity contribution < 1.29 is 9.47 Å². The Balaban J connectivity index is 1.26. The van der Waals surface area contributed by atoms with Crippen molar-refractivity contribution in [3.05, 3.63) is 35.4 Å². The summed E-state index contributed by atoms with van der Waals surface area (Å²) in [7, 11) is 3.87. The van der Waals surface area contributed by atoms with E-state index < -0.39 is 0 Å². The number of aryl methyl sites for hydroxylation is 2. The van der Waals surface area contributed by atoms with Crippen LogP contribution in [0.25, 0.3) is 0 Å². The Hall–Kier alpha value is -2.77. The molecule has 0 unspecified atom stereocenters. The zero-order valence-electron chi connectivity index (χ0n) is 18.1. The van der Waals surface area contributed by atoms with Gasteiger partial charge in [-0.15, -0.1) is 10.2 Å². The van der Waals surface area contributed by atoms with E-state index in [0.717, 1.165) is 73.6 Å². The van der Waals surface area contributed by atoms with Crippen LogP contribution in [0.2, 0.25) is 0 Å². The highest BCUT2D eigenvalue weighted by molar-refractivity contribution is 5.79. The van der Waals surface area contributed by atoms with Gasteiger partial charge in [0.2, 0.25) is 0 Å². The lowest BCUT2D eigenvalue weighted by Crippen LogP contribution is -2.39. The molecule has 30 heavy (non-hydrogen) atoms. The fourth-order valence-corrected chi connectivity index (χ4v) is 4.10. The number of fused-ring (bicyclic) bond motifs is 2. The highest BCUT2D eigenvalue weighted by atomic mass is 16.6. The Labute approximate surface area is 178 Å². The average Bonchev–Trinajstić information content (AvgIpc) is 2.99. The largest absolute Gasteiger partial charge is 0.486 e. The van der Waals surface area contributed by atoms with Gasteiger partial charge in [0.05, 0.1) is 0 Å². The number of aliphatic imine (C=N–C) groups is 1. The first kappa shape index (κ1) is 20.5. The van der Waals surface area contributed by atoms with Crippen LogP contribution >= 0.6 is 0 Å². The fraction of sp³-hybridized carbons (Fsp3) is 0.591. The van der Waals surface area contributed by atoms with Crippen molar-refractivity contribution in [2.24, 2.45) is 4.99 Å². The first-order valence-electron chi connectivity index (χ1n) is 11.0. The quantitative estimate of drug-likeness (QED) is 0.446. The Bertz CT molecular complexity index is 879. The Morgan fingerprint density at radius 2 is 2.03 bits per heavy atom.